The van der Waals surface area contributed by atoms with Crippen LogP contribution < -0.4 is 10.1 Å². The summed E-state index contributed by atoms with van der Waals surface area (Å²) >= 11 is 3.26. The first-order valence-electron chi connectivity index (χ1n) is 6.57. The van der Waals surface area contributed by atoms with E-state index in [2.05, 4.69) is 31.2 Å². The maximum absolute atomic E-state index is 12.1. The Morgan fingerprint density at radius 1 is 1.29 bits per heavy atom. The molecule has 0 saturated heterocycles. The number of aromatic nitrogens is 2. The van der Waals surface area contributed by atoms with E-state index in [0.717, 1.165) is 5.56 Å². The molecular weight excluding hydrogens is 334 g/mol. The molecule has 6 heteroatoms. The van der Waals surface area contributed by atoms with Crippen molar-refractivity contribution >= 4 is 21.8 Å². The molecule has 0 aliphatic carbocycles. The van der Waals surface area contributed by atoms with Crippen LogP contribution in [0.4, 0.5) is 0 Å². The van der Waals surface area contributed by atoms with Gasteiger partial charge in [-0.1, -0.05) is 6.07 Å². The number of hydrogen-bond acceptors (Lipinski definition) is 4. The standard InChI is InChI=1S/C15H16BrN3O2/c1-10(2)21-15-11(5-3-8-18-15)9-19-14(20)12-6-4-7-17-13(12)16/h3-8,10H,9H2,1-2H3,(H,19,20). The molecule has 0 aliphatic rings. The summed E-state index contributed by atoms with van der Waals surface area (Å²) in [4.78, 5) is 20.4. The summed E-state index contributed by atoms with van der Waals surface area (Å²) in [6, 6.07) is 7.12. The van der Waals surface area contributed by atoms with Crippen molar-refractivity contribution in [3.63, 3.8) is 0 Å². The Balaban J connectivity index is 2.07. The Morgan fingerprint density at radius 2 is 2.00 bits per heavy atom. The maximum Gasteiger partial charge on any atom is 0.254 e. The van der Waals surface area contributed by atoms with Gasteiger partial charge in [-0.2, -0.15) is 0 Å². The van der Waals surface area contributed by atoms with Gasteiger partial charge in [0.25, 0.3) is 5.91 Å². The monoisotopic (exact) mass is 349 g/mol. The molecule has 2 aromatic rings. The Kier molecular flexibility index (Phi) is 5.27. The van der Waals surface area contributed by atoms with Crippen molar-refractivity contribution in [2.24, 2.45) is 0 Å². The van der Waals surface area contributed by atoms with Crippen molar-refractivity contribution in [1.82, 2.24) is 15.3 Å². The van der Waals surface area contributed by atoms with Gasteiger partial charge in [0.1, 0.15) is 4.60 Å². The number of halogens is 1. The van der Waals surface area contributed by atoms with Gasteiger partial charge in [0, 0.05) is 24.5 Å². The van der Waals surface area contributed by atoms with Crippen LogP contribution in [0.5, 0.6) is 5.88 Å². The third-order valence-corrected chi connectivity index (χ3v) is 3.27. The Bertz CT molecular complexity index is 632. The second-order valence-corrected chi connectivity index (χ2v) is 5.41. The maximum atomic E-state index is 12.1. The molecule has 0 aliphatic heterocycles. The predicted molar refractivity (Wildman–Crippen MR) is 83.1 cm³/mol. The van der Waals surface area contributed by atoms with Gasteiger partial charge in [0.05, 0.1) is 11.7 Å². The number of nitrogens with zero attached hydrogens (tertiary/aromatic N) is 2. The van der Waals surface area contributed by atoms with E-state index < -0.39 is 0 Å². The minimum absolute atomic E-state index is 0.0295. The summed E-state index contributed by atoms with van der Waals surface area (Å²) in [5.41, 5.74) is 1.33. The lowest BCUT2D eigenvalue weighted by atomic mass is 10.2. The van der Waals surface area contributed by atoms with Crippen molar-refractivity contribution in [3.8, 4) is 5.88 Å². The number of hydrogen-bond donors (Lipinski definition) is 1. The van der Waals surface area contributed by atoms with Gasteiger partial charge in [-0.15, -0.1) is 0 Å². The molecule has 0 fully saturated rings. The van der Waals surface area contributed by atoms with E-state index in [1.165, 1.54) is 0 Å². The zero-order chi connectivity index (χ0) is 15.2. The van der Waals surface area contributed by atoms with Crippen LogP contribution in [0.2, 0.25) is 0 Å². The number of rotatable bonds is 5. The fourth-order valence-electron chi connectivity index (χ4n) is 1.71. The summed E-state index contributed by atoms with van der Waals surface area (Å²) in [6.07, 6.45) is 3.32. The first-order valence-corrected chi connectivity index (χ1v) is 7.36. The number of carbonyl (C=O) groups is 1. The summed E-state index contributed by atoms with van der Waals surface area (Å²) in [7, 11) is 0. The molecule has 2 heterocycles. The molecule has 0 atom stereocenters. The van der Waals surface area contributed by atoms with Crippen LogP contribution in [0.3, 0.4) is 0 Å². The van der Waals surface area contributed by atoms with E-state index in [9.17, 15) is 4.79 Å². The molecule has 0 saturated carbocycles. The summed E-state index contributed by atoms with van der Waals surface area (Å²) in [5, 5.41) is 2.84. The van der Waals surface area contributed by atoms with Crippen molar-refractivity contribution in [2.75, 3.05) is 0 Å². The van der Waals surface area contributed by atoms with E-state index >= 15 is 0 Å². The lowest BCUT2D eigenvalue weighted by Gasteiger charge is -2.13. The molecule has 2 rings (SSSR count). The first kappa shape index (κ1) is 15.4. The van der Waals surface area contributed by atoms with Crippen LogP contribution in [-0.2, 0) is 6.54 Å². The van der Waals surface area contributed by atoms with Gasteiger partial charge in [0.2, 0.25) is 5.88 Å². The van der Waals surface area contributed by atoms with E-state index in [0.29, 0.717) is 22.6 Å². The van der Waals surface area contributed by atoms with Crippen molar-refractivity contribution in [1.29, 1.82) is 0 Å². The molecule has 0 spiro atoms. The van der Waals surface area contributed by atoms with Gasteiger partial charge >= 0.3 is 0 Å². The van der Waals surface area contributed by atoms with Crippen molar-refractivity contribution < 1.29 is 9.53 Å². The van der Waals surface area contributed by atoms with Gasteiger partial charge < -0.3 is 10.1 Å². The number of ether oxygens (including phenoxy) is 1. The summed E-state index contributed by atoms with van der Waals surface area (Å²) in [5.74, 6) is 0.340. The van der Waals surface area contributed by atoms with Gasteiger partial charge in [-0.25, -0.2) is 9.97 Å². The highest BCUT2D eigenvalue weighted by atomic mass is 79.9. The number of carbonyl (C=O) groups excluding carboxylic acids is 1. The fraction of sp³-hybridized carbons (Fsp3) is 0.267. The zero-order valence-electron chi connectivity index (χ0n) is 11.8. The van der Waals surface area contributed by atoms with Crippen LogP contribution >= 0.6 is 15.9 Å². The Hall–Kier alpha value is -1.95. The molecule has 5 nitrogen and oxygen atoms in total. The van der Waals surface area contributed by atoms with Crippen LogP contribution in [0.1, 0.15) is 29.8 Å². The molecular formula is C15H16BrN3O2. The number of pyridine rings is 2. The SMILES string of the molecule is CC(C)Oc1ncccc1CNC(=O)c1cccnc1Br. The lowest BCUT2D eigenvalue weighted by molar-refractivity contribution is 0.0949. The van der Waals surface area contributed by atoms with Crippen LogP contribution in [0.15, 0.2) is 41.3 Å². The molecule has 0 bridgehead atoms. The molecule has 0 radical (unpaired) electrons. The first-order chi connectivity index (χ1) is 10.1. The van der Waals surface area contributed by atoms with Crippen molar-refractivity contribution in [2.45, 2.75) is 26.5 Å². The van der Waals surface area contributed by atoms with E-state index in [1.54, 1.807) is 24.5 Å². The molecule has 1 N–H and O–H groups in total. The van der Waals surface area contributed by atoms with Crippen LogP contribution in [0.25, 0.3) is 0 Å². The second kappa shape index (κ2) is 7.17. The Labute approximate surface area is 131 Å². The third-order valence-electron chi connectivity index (χ3n) is 2.64. The topological polar surface area (TPSA) is 64.1 Å². The molecule has 21 heavy (non-hydrogen) atoms. The molecule has 2 aromatic heterocycles. The fourth-order valence-corrected chi connectivity index (χ4v) is 2.14. The van der Waals surface area contributed by atoms with E-state index in [-0.39, 0.29) is 12.0 Å². The highest BCUT2D eigenvalue weighted by Crippen LogP contribution is 2.17. The van der Waals surface area contributed by atoms with Gasteiger partial charge in [-0.3, -0.25) is 4.79 Å². The Morgan fingerprint density at radius 3 is 2.71 bits per heavy atom. The molecule has 0 aromatic carbocycles. The average molecular weight is 350 g/mol. The van der Waals surface area contributed by atoms with Crippen molar-refractivity contribution in [3.05, 3.63) is 52.4 Å². The highest BCUT2D eigenvalue weighted by Gasteiger charge is 2.12. The second-order valence-electron chi connectivity index (χ2n) is 4.66. The molecule has 110 valence electrons. The number of amides is 1. The highest BCUT2D eigenvalue weighted by molar-refractivity contribution is 9.10. The smallest absolute Gasteiger partial charge is 0.254 e. The predicted octanol–water partition coefficient (Wildman–Crippen LogP) is 2.96. The third kappa shape index (κ3) is 4.26. The quantitative estimate of drug-likeness (QED) is 0.842. The van der Waals surface area contributed by atoms with Gasteiger partial charge in [0.15, 0.2) is 0 Å². The molecule has 1 amide bonds. The summed E-state index contributed by atoms with van der Waals surface area (Å²) < 4.78 is 6.14. The minimum Gasteiger partial charge on any atom is -0.475 e. The zero-order valence-corrected chi connectivity index (χ0v) is 13.4. The minimum atomic E-state index is -0.200. The lowest BCUT2D eigenvalue weighted by Crippen LogP contribution is -2.24. The summed E-state index contributed by atoms with van der Waals surface area (Å²) in [6.45, 7) is 4.21. The molecule has 0 unspecified atom stereocenters. The number of nitrogens with one attached hydrogen (secondary N) is 1. The average Bonchev–Trinajstić information content (AvgIpc) is 2.46. The van der Waals surface area contributed by atoms with E-state index in [1.807, 2.05) is 26.0 Å². The van der Waals surface area contributed by atoms with Crippen LogP contribution in [0, 0.1) is 0 Å². The van der Waals surface area contributed by atoms with Crippen LogP contribution in [-0.4, -0.2) is 22.0 Å². The largest absolute Gasteiger partial charge is 0.475 e. The van der Waals surface area contributed by atoms with Gasteiger partial charge in [-0.05, 0) is 48.0 Å². The normalized spacial score (nSPS) is 10.5. The van der Waals surface area contributed by atoms with E-state index in [4.69, 9.17) is 4.74 Å².